The van der Waals surface area contributed by atoms with Crippen molar-refractivity contribution in [2.75, 3.05) is 11.9 Å². The van der Waals surface area contributed by atoms with Crippen molar-refractivity contribution in [1.29, 1.82) is 0 Å². The van der Waals surface area contributed by atoms with E-state index in [0.717, 1.165) is 30.4 Å². The highest BCUT2D eigenvalue weighted by molar-refractivity contribution is 5.42. The average Bonchev–Trinajstić information content (AvgIpc) is 3.10. The second-order valence-electron chi connectivity index (χ2n) is 5.07. The molecule has 0 aliphatic heterocycles. The van der Waals surface area contributed by atoms with E-state index in [1.54, 1.807) is 0 Å². The Bertz CT molecular complexity index is 503. The van der Waals surface area contributed by atoms with E-state index in [2.05, 4.69) is 27.6 Å². The van der Waals surface area contributed by atoms with Crippen molar-refractivity contribution in [3.63, 3.8) is 0 Å². The summed E-state index contributed by atoms with van der Waals surface area (Å²) in [7, 11) is 0. The van der Waals surface area contributed by atoms with Crippen molar-refractivity contribution in [3.8, 4) is 0 Å². The van der Waals surface area contributed by atoms with Crippen molar-refractivity contribution in [3.05, 3.63) is 42.0 Å². The van der Waals surface area contributed by atoms with Crippen molar-refractivity contribution >= 4 is 5.69 Å². The summed E-state index contributed by atoms with van der Waals surface area (Å²) in [5.74, 6) is 2.18. The lowest BCUT2D eigenvalue weighted by Crippen LogP contribution is -2.05. The minimum atomic E-state index is 0.527. The van der Waals surface area contributed by atoms with Gasteiger partial charge < -0.3 is 9.84 Å². The monoisotopic (exact) mass is 257 g/mol. The van der Waals surface area contributed by atoms with Gasteiger partial charge in [0, 0.05) is 24.6 Å². The number of para-hydroxylation sites is 1. The Hall–Kier alpha value is -1.84. The highest BCUT2D eigenvalue weighted by Gasteiger charge is 2.21. The second-order valence-corrected chi connectivity index (χ2v) is 5.07. The van der Waals surface area contributed by atoms with Gasteiger partial charge in [0.1, 0.15) is 0 Å². The number of hydrogen-bond donors (Lipinski definition) is 1. The highest BCUT2D eigenvalue weighted by Crippen LogP contribution is 2.32. The molecule has 100 valence electrons. The van der Waals surface area contributed by atoms with Gasteiger partial charge in [-0.15, -0.1) is 0 Å². The summed E-state index contributed by atoms with van der Waals surface area (Å²) in [5, 5.41) is 7.45. The van der Waals surface area contributed by atoms with Gasteiger partial charge in [-0.25, -0.2) is 0 Å². The second kappa shape index (κ2) is 5.87. The summed E-state index contributed by atoms with van der Waals surface area (Å²) < 4.78 is 5.31. The van der Waals surface area contributed by atoms with E-state index < -0.39 is 0 Å². The third-order valence-electron chi connectivity index (χ3n) is 3.65. The molecule has 1 aliphatic rings. The highest BCUT2D eigenvalue weighted by atomic mass is 16.5. The summed E-state index contributed by atoms with van der Waals surface area (Å²) in [6.07, 6.45) is 5.78. The average molecular weight is 257 g/mol. The molecule has 0 bridgehead atoms. The maximum Gasteiger partial charge on any atom is 0.228 e. The lowest BCUT2D eigenvalue weighted by atomic mass is 10.1. The molecule has 1 aromatic carbocycles. The largest absolute Gasteiger partial charge is 0.385 e. The Labute approximate surface area is 113 Å². The van der Waals surface area contributed by atoms with Crippen LogP contribution >= 0.6 is 0 Å². The summed E-state index contributed by atoms with van der Waals surface area (Å²) in [4.78, 5) is 4.51. The molecule has 0 atom stereocenters. The van der Waals surface area contributed by atoms with Gasteiger partial charge in [0.15, 0.2) is 5.82 Å². The summed E-state index contributed by atoms with van der Waals surface area (Å²) in [6, 6.07) is 10.2. The van der Waals surface area contributed by atoms with Gasteiger partial charge in [0.2, 0.25) is 5.89 Å². The molecule has 4 heteroatoms. The fourth-order valence-electron chi connectivity index (χ4n) is 2.59. The molecule has 1 N–H and O–H groups in total. The van der Waals surface area contributed by atoms with Crippen molar-refractivity contribution in [1.82, 2.24) is 10.1 Å². The van der Waals surface area contributed by atoms with Crippen LogP contribution in [0.4, 0.5) is 5.69 Å². The molecule has 1 aliphatic carbocycles. The molecule has 0 radical (unpaired) electrons. The molecule has 0 amide bonds. The van der Waals surface area contributed by atoms with Gasteiger partial charge in [-0.3, -0.25) is 0 Å². The maximum absolute atomic E-state index is 5.31. The number of anilines is 1. The summed E-state index contributed by atoms with van der Waals surface area (Å²) >= 11 is 0. The molecule has 4 nitrogen and oxygen atoms in total. The van der Waals surface area contributed by atoms with Crippen LogP contribution in [-0.4, -0.2) is 16.7 Å². The molecule has 1 aromatic heterocycles. The van der Waals surface area contributed by atoms with E-state index >= 15 is 0 Å². The van der Waals surface area contributed by atoms with Crippen LogP contribution in [0.1, 0.15) is 43.3 Å². The molecule has 1 heterocycles. The standard InChI is InChI=1S/C15H19N3O/c1-2-8-13(9-3-1)16-11-10-14-17-15(18-19-14)12-6-4-5-7-12/h1-3,8-9,12,16H,4-7,10-11H2. The first kappa shape index (κ1) is 12.2. The fraction of sp³-hybridized carbons (Fsp3) is 0.467. The van der Waals surface area contributed by atoms with Gasteiger partial charge in [-0.2, -0.15) is 4.98 Å². The third-order valence-corrected chi connectivity index (χ3v) is 3.65. The summed E-state index contributed by atoms with van der Waals surface area (Å²) in [5.41, 5.74) is 1.12. The smallest absolute Gasteiger partial charge is 0.228 e. The Morgan fingerprint density at radius 3 is 2.74 bits per heavy atom. The van der Waals surface area contributed by atoms with Crippen LogP contribution in [0.15, 0.2) is 34.9 Å². The van der Waals surface area contributed by atoms with Crippen LogP contribution in [-0.2, 0) is 6.42 Å². The number of benzene rings is 1. The number of nitrogens with one attached hydrogen (secondary N) is 1. The topological polar surface area (TPSA) is 51.0 Å². The molecular formula is C15H19N3O. The lowest BCUT2D eigenvalue weighted by molar-refractivity contribution is 0.371. The zero-order valence-corrected chi connectivity index (χ0v) is 11.0. The fourth-order valence-corrected chi connectivity index (χ4v) is 2.59. The van der Waals surface area contributed by atoms with Crippen LogP contribution in [0, 0.1) is 0 Å². The van der Waals surface area contributed by atoms with Gasteiger partial charge in [0.25, 0.3) is 0 Å². The minimum Gasteiger partial charge on any atom is -0.385 e. The molecular weight excluding hydrogens is 238 g/mol. The first-order valence-corrected chi connectivity index (χ1v) is 7.03. The Morgan fingerprint density at radius 1 is 1.16 bits per heavy atom. The Kier molecular flexibility index (Phi) is 3.77. The predicted octanol–water partition coefficient (Wildman–Crippen LogP) is 3.38. The van der Waals surface area contributed by atoms with Gasteiger partial charge in [-0.1, -0.05) is 36.2 Å². The van der Waals surface area contributed by atoms with Gasteiger partial charge in [0.05, 0.1) is 0 Å². The molecule has 0 saturated heterocycles. The molecule has 0 unspecified atom stereocenters. The molecule has 3 rings (SSSR count). The summed E-state index contributed by atoms with van der Waals surface area (Å²) in [6.45, 7) is 0.816. The van der Waals surface area contributed by atoms with E-state index in [0.29, 0.717) is 5.92 Å². The zero-order chi connectivity index (χ0) is 12.9. The van der Waals surface area contributed by atoms with Crippen molar-refractivity contribution < 1.29 is 4.52 Å². The first-order chi connectivity index (χ1) is 9.42. The number of nitrogens with zero attached hydrogens (tertiary/aromatic N) is 2. The van der Waals surface area contributed by atoms with Crippen LogP contribution in [0.5, 0.6) is 0 Å². The Morgan fingerprint density at radius 2 is 1.95 bits per heavy atom. The van der Waals surface area contributed by atoms with Crippen molar-refractivity contribution in [2.45, 2.75) is 38.0 Å². The van der Waals surface area contributed by atoms with Gasteiger partial charge >= 0.3 is 0 Å². The zero-order valence-electron chi connectivity index (χ0n) is 11.0. The predicted molar refractivity (Wildman–Crippen MR) is 74.1 cm³/mol. The van der Waals surface area contributed by atoms with E-state index in [9.17, 15) is 0 Å². The minimum absolute atomic E-state index is 0.527. The van der Waals surface area contributed by atoms with Crippen molar-refractivity contribution in [2.24, 2.45) is 0 Å². The molecule has 1 fully saturated rings. The molecule has 1 saturated carbocycles. The van der Waals surface area contributed by atoms with E-state index in [-0.39, 0.29) is 0 Å². The molecule has 2 aromatic rings. The molecule has 0 spiro atoms. The number of hydrogen-bond acceptors (Lipinski definition) is 4. The van der Waals surface area contributed by atoms with Gasteiger partial charge in [-0.05, 0) is 25.0 Å². The maximum atomic E-state index is 5.31. The number of aromatic nitrogens is 2. The van der Waals surface area contributed by atoms with Crippen LogP contribution in [0.2, 0.25) is 0 Å². The quantitative estimate of drug-likeness (QED) is 0.892. The Balaban J connectivity index is 1.50. The van der Waals surface area contributed by atoms with Crippen LogP contribution in [0.3, 0.4) is 0 Å². The van der Waals surface area contributed by atoms with E-state index in [1.165, 1.54) is 25.7 Å². The van der Waals surface area contributed by atoms with Crippen LogP contribution in [0.25, 0.3) is 0 Å². The lowest BCUT2D eigenvalue weighted by Gasteiger charge is -2.03. The third kappa shape index (κ3) is 3.13. The van der Waals surface area contributed by atoms with E-state index in [4.69, 9.17) is 4.52 Å². The normalized spacial score (nSPS) is 15.8. The first-order valence-electron chi connectivity index (χ1n) is 7.03. The van der Waals surface area contributed by atoms with E-state index in [1.807, 2.05) is 18.2 Å². The van der Waals surface area contributed by atoms with Crippen LogP contribution < -0.4 is 5.32 Å². The molecule has 19 heavy (non-hydrogen) atoms. The number of rotatable bonds is 5. The SMILES string of the molecule is c1ccc(NCCc2nc(C3CCCC3)no2)cc1.